The predicted octanol–water partition coefficient (Wildman–Crippen LogP) is 1.27. The van der Waals surface area contributed by atoms with Crippen molar-refractivity contribution in [2.75, 3.05) is 12.0 Å². The molecule has 0 aliphatic rings. The van der Waals surface area contributed by atoms with Gasteiger partial charge in [0.2, 0.25) is 0 Å². The van der Waals surface area contributed by atoms with Gasteiger partial charge in [0.15, 0.2) is 9.84 Å². The van der Waals surface area contributed by atoms with Gasteiger partial charge in [0.25, 0.3) is 0 Å². The zero-order valence-electron chi connectivity index (χ0n) is 9.01. The van der Waals surface area contributed by atoms with E-state index in [2.05, 4.69) is 12.6 Å². The fraction of sp³-hybridized carbons (Fsp3) is 0.364. The van der Waals surface area contributed by atoms with E-state index in [1.807, 2.05) is 6.07 Å². The molecule has 0 radical (unpaired) electrons. The lowest BCUT2D eigenvalue weighted by molar-refractivity contribution is -0.115. The molecule has 0 fully saturated rings. The Kier molecular flexibility index (Phi) is 4.56. The van der Waals surface area contributed by atoms with E-state index in [1.54, 1.807) is 18.2 Å². The van der Waals surface area contributed by atoms with Crippen LogP contribution in [0.1, 0.15) is 11.1 Å². The molecule has 3 nitrogen and oxygen atoms in total. The zero-order valence-corrected chi connectivity index (χ0v) is 10.7. The molecule has 0 aliphatic heterocycles. The van der Waals surface area contributed by atoms with Crippen LogP contribution in [0.4, 0.5) is 0 Å². The molecule has 5 heteroatoms. The topological polar surface area (TPSA) is 51.2 Å². The number of benzene rings is 1. The van der Waals surface area contributed by atoms with E-state index < -0.39 is 9.84 Å². The third-order valence-electron chi connectivity index (χ3n) is 2.00. The van der Waals surface area contributed by atoms with Crippen molar-refractivity contribution >= 4 is 28.2 Å². The molecule has 0 spiro atoms. The molecule has 0 saturated heterocycles. The lowest BCUT2D eigenvalue weighted by Gasteiger charge is -2.03. The largest absolute Gasteiger partial charge is 0.298 e. The predicted molar refractivity (Wildman–Crippen MR) is 67.6 cm³/mol. The van der Waals surface area contributed by atoms with Gasteiger partial charge in [-0.3, -0.25) is 4.79 Å². The fourth-order valence-corrected chi connectivity index (χ4v) is 2.31. The minimum Gasteiger partial charge on any atom is -0.298 e. The van der Waals surface area contributed by atoms with Gasteiger partial charge in [-0.15, -0.1) is 0 Å². The molecular formula is C11H14O3S2. The summed E-state index contributed by atoms with van der Waals surface area (Å²) in [6, 6.07) is 7.08. The number of ketones is 1. The van der Waals surface area contributed by atoms with Crippen molar-refractivity contribution in [3.63, 3.8) is 0 Å². The highest BCUT2D eigenvalue weighted by Crippen LogP contribution is 2.09. The zero-order chi connectivity index (χ0) is 12.2. The molecule has 1 rings (SSSR count). The number of hydrogen-bond acceptors (Lipinski definition) is 4. The molecule has 1 aromatic carbocycles. The average Bonchev–Trinajstić information content (AvgIpc) is 2.15. The number of sulfone groups is 1. The molecule has 0 heterocycles. The van der Waals surface area contributed by atoms with Gasteiger partial charge in [-0.2, -0.15) is 12.6 Å². The molecule has 0 N–H and O–H groups in total. The standard InChI is InChI=1S/C11H14O3S2/c1-16(13,14)8-10-4-2-3-9(5-10)6-11(12)7-15/h2-5,15H,6-8H2,1H3. The van der Waals surface area contributed by atoms with Crippen LogP contribution in [0.15, 0.2) is 24.3 Å². The van der Waals surface area contributed by atoms with Crippen molar-refractivity contribution in [1.82, 2.24) is 0 Å². The Balaban J connectivity index is 2.83. The first-order valence-electron chi connectivity index (χ1n) is 4.79. The Morgan fingerprint density at radius 2 is 1.94 bits per heavy atom. The van der Waals surface area contributed by atoms with E-state index in [0.717, 1.165) is 5.56 Å². The van der Waals surface area contributed by atoms with Crippen LogP contribution in [-0.4, -0.2) is 26.2 Å². The van der Waals surface area contributed by atoms with Gasteiger partial charge >= 0.3 is 0 Å². The molecular weight excluding hydrogens is 244 g/mol. The van der Waals surface area contributed by atoms with E-state index in [4.69, 9.17) is 0 Å². The molecule has 0 bridgehead atoms. The summed E-state index contributed by atoms with van der Waals surface area (Å²) in [7, 11) is -3.03. The maximum Gasteiger partial charge on any atom is 0.151 e. The summed E-state index contributed by atoms with van der Waals surface area (Å²) in [6.45, 7) is 0. The van der Waals surface area contributed by atoms with E-state index >= 15 is 0 Å². The molecule has 0 aliphatic carbocycles. The monoisotopic (exact) mass is 258 g/mol. The van der Waals surface area contributed by atoms with Gasteiger partial charge in [0.1, 0.15) is 5.78 Å². The van der Waals surface area contributed by atoms with Crippen LogP contribution in [0.2, 0.25) is 0 Å². The normalized spacial score (nSPS) is 11.4. The Labute approximate surface area is 101 Å². The molecule has 0 aromatic heterocycles. The molecule has 0 amide bonds. The summed E-state index contributed by atoms with van der Waals surface area (Å²) in [6.07, 6.45) is 1.50. The van der Waals surface area contributed by atoms with Crippen molar-refractivity contribution in [2.24, 2.45) is 0 Å². The first-order chi connectivity index (χ1) is 7.40. The molecule has 1 aromatic rings. The van der Waals surface area contributed by atoms with Crippen molar-refractivity contribution in [3.05, 3.63) is 35.4 Å². The third-order valence-corrected chi connectivity index (χ3v) is 3.21. The maximum absolute atomic E-state index is 11.2. The van der Waals surface area contributed by atoms with Crippen molar-refractivity contribution in [1.29, 1.82) is 0 Å². The van der Waals surface area contributed by atoms with Crippen LogP contribution < -0.4 is 0 Å². The van der Waals surface area contributed by atoms with Crippen LogP contribution in [0, 0.1) is 0 Å². The van der Waals surface area contributed by atoms with Gasteiger partial charge in [-0.1, -0.05) is 24.3 Å². The molecule has 88 valence electrons. The highest BCUT2D eigenvalue weighted by atomic mass is 32.2. The number of carbonyl (C=O) groups is 1. The van der Waals surface area contributed by atoms with Gasteiger partial charge in [-0.25, -0.2) is 8.42 Å². The number of rotatable bonds is 5. The summed E-state index contributed by atoms with van der Waals surface area (Å²) >= 11 is 3.90. The van der Waals surface area contributed by atoms with Crippen LogP contribution >= 0.6 is 12.6 Å². The summed E-state index contributed by atoms with van der Waals surface area (Å²) < 4.78 is 22.2. The van der Waals surface area contributed by atoms with E-state index in [9.17, 15) is 13.2 Å². The summed E-state index contributed by atoms with van der Waals surface area (Å²) in [5.41, 5.74) is 1.55. The highest BCUT2D eigenvalue weighted by molar-refractivity contribution is 7.89. The average molecular weight is 258 g/mol. The van der Waals surface area contributed by atoms with Gasteiger partial charge in [-0.05, 0) is 11.1 Å². The Bertz CT molecular complexity index is 478. The second kappa shape index (κ2) is 5.50. The molecule has 0 unspecified atom stereocenters. The second-order valence-corrected chi connectivity index (χ2v) is 6.22. The number of thiol groups is 1. The van der Waals surface area contributed by atoms with Gasteiger partial charge in [0.05, 0.1) is 5.75 Å². The first kappa shape index (κ1) is 13.3. The number of carbonyl (C=O) groups excluding carboxylic acids is 1. The lowest BCUT2D eigenvalue weighted by Crippen LogP contribution is -2.05. The second-order valence-electron chi connectivity index (χ2n) is 3.76. The Morgan fingerprint density at radius 1 is 1.31 bits per heavy atom. The summed E-state index contributed by atoms with van der Waals surface area (Å²) in [5.74, 6) is 0.242. The van der Waals surface area contributed by atoms with Crippen LogP contribution in [-0.2, 0) is 26.8 Å². The number of hydrogen-bond donors (Lipinski definition) is 1. The van der Waals surface area contributed by atoms with E-state index in [-0.39, 0.29) is 17.3 Å². The van der Waals surface area contributed by atoms with Crippen LogP contribution in [0.5, 0.6) is 0 Å². The number of Topliss-reactive ketones (excluding diaryl/α,β-unsaturated/α-hetero) is 1. The van der Waals surface area contributed by atoms with Crippen molar-refractivity contribution in [3.8, 4) is 0 Å². The maximum atomic E-state index is 11.2. The minimum absolute atomic E-state index is 0.00983. The highest BCUT2D eigenvalue weighted by Gasteiger charge is 2.06. The summed E-state index contributed by atoms with van der Waals surface area (Å²) in [4.78, 5) is 11.2. The molecule has 0 saturated carbocycles. The van der Waals surface area contributed by atoms with E-state index in [0.29, 0.717) is 12.0 Å². The summed E-state index contributed by atoms with van der Waals surface area (Å²) in [5, 5.41) is 0. The molecule has 0 atom stereocenters. The van der Waals surface area contributed by atoms with Gasteiger partial charge < -0.3 is 0 Å². The van der Waals surface area contributed by atoms with E-state index in [1.165, 1.54) is 6.26 Å². The third kappa shape index (κ3) is 4.81. The van der Waals surface area contributed by atoms with Crippen molar-refractivity contribution < 1.29 is 13.2 Å². The molecule has 16 heavy (non-hydrogen) atoms. The lowest BCUT2D eigenvalue weighted by atomic mass is 10.1. The van der Waals surface area contributed by atoms with Crippen LogP contribution in [0.25, 0.3) is 0 Å². The van der Waals surface area contributed by atoms with Crippen LogP contribution in [0.3, 0.4) is 0 Å². The Morgan fingerprint density at radius 3 is 2.50 bits per heavy atom. The van der Waals surface area contributed by atoms with Crippen molar-refractivity contribution in [2.45, 2.75) is 12.2 Å². The smallest absolute Gasteiger partial charge is 0.151 e. The Hall–Kier alpha value is -0.810. The minimum atomic E-state index is -3.03. The van der Waals surface area contributed by atoms with Gasteiger partial charge in [0, 0.05) is 18.4 Å². The SMILES string of the molecule is CS(=O)(=O)Cc1cccc(CC(=O)CS)c1. The first-order valence-corrected chi connectivity index (χ1v) is 7.48. The fourth-order valence-electron chi connectivity index (χ4n) is 1.42. The quantitative estimate of drug-likeness (QED) is 0.809.